The van der Waals surface area contributed by atoms with Gasteiger partial charge in [-0.15, -0.1) is 5.10 Å². The number of halogens is 1. The molecule has 2 aromatic rings. The van der Waals surface area contributed by atoms with Gasteiger partial charge in [0.1, 0.15) is 12.1 Å². The van der Waals surface area contributed by atoms with E-state index in [1.54, 1.807) is 7.05 Å². The first-order chi connectivity index (χ1) is 9.38. The summed E-state index contributed by atoms with van der Waals surface area (Å²) in [5.41, 5.74) is -1.47. The van der Waals surface area contributed by atoms with Crippen molar-refractivity contribution in [1.29, 1.82) is 0 Å². The zero-order valence-electron chi connectivity index (χ0n) is 9.98. The van der Waals surface area contributed by atoms with Gasteiger partial charge in [-0.2, -0.15) is 4.98 Å². The average molecular weight is 282 g/mol. The molecule has 20 heavy (non-hydrogen) atoms. The summed E-state index contributed by atoms with van der Waals surface area (Å²) < 4.78 is 19.7. The summed E-state index contributed by atoms with van der Waals surface area (Å²) in [6.45, 7) is 0. The SMILES string of the molecule is Cn1cnc(Oc2cc(C(=O)O)c(F)cc2[N+](=O)[O-])n1. The predicted molar refractivity (Wildman–Crippen MR) is 61.1 cm³/mol. The Labute approximate surface area is 110 Å². The van der Waals surface area contributed by atoms with E-state index in [4.69, 9.17) is 9.84 Å². The van der Waals surface area contributed by atoms with Crippen molar-refractivity contribution in [2.75, 3.05) is 0 Å². The Bertz CT molecular complexity index is 699. The van der Waals surface area contributed by atoms with Crippen LogP contribution in [-0.4, -0.2) is 30.8 Å². The summed E-state index contributed by atoms with van der Waals surface area (Å²) in [7, 11) is 1.54. The molecule has 2 rings (SSSR count). The third kappa shape index (κ3) is 2.53. The largest absolute Gasteiger partial charge is 0.478 e. The highest BCUT2D eigenvalue weighted by molar-refractivity contribution is 5.89. The van der Waals surface area contributed by atoms with E-state index in [1.165, 1.54) is 11.0 Å². The van der Waals surface area contributed by atoms with Gasteiger partial charge in [-0.05, 0) is 0 Å². The molecule has 0 amide bonds. The van der Waals surface area contributed by atoms with E-state index < -0.39 is 33.7 Å². The molecular formula is C10H7FN4O5. The summed E-state index contributed by atoms with van der Waals surface area (Å²) in [6.07, 6.45) is 1.28. The van der Waals surface area contributed by atoms with Crippen LogP contribution in [0, 0.1) is 15.9 Å². The molecule has 10 heteroatoms. The van der Waals surface area contributed by atoms with Crippen LogP contribution < -0.4 is 4.74 Å². The number of benzene rings is 1. The molecule has 0 bridgehead atoms. The number of aromatic nitrogens is 3. The van der Waals surface area contributed by atoms with Gasteiger partial charge in [0, 0.05) is 13.1 Å². The third-order valence-corrected chi connectivity index (χ3v) is 2.26. The number of hydrogen-bond donors (Lipinski definition) is 1. The number of carbonyl (C=O) groups is 1. The maximum absolute atomic E-state index is 13.4. The van der Waals surface area contributed by atoms with Crippen LogP contribution in [0.15, 0.2) is 18.5 Å². The van der Waals surface area contributed by atoms with Crippen molar-refractivity contribution >= 4 is 11.7 Å². The minimum atomic E-state index is -1.57. The van der Waals surface area contributed by atoms with Crippen LogP contribution >= 0.6 is 0 Å². The van der Waals surface area contributed by atoms with Crippen molar-refractivity contribution in [2.45, 2.75) is 0 Å². The fraction of sp³-hybridized carbons (Fsp3) is 0.100. The molecular weight excluding hydrogens is 275 g/mol. The number of aryl methyl sites for hydroxylation is 1. The number of hydrogen-bond acceptors (Lipinski definition) is 6. The second-order valence-corrected chi connectivity index (χ2v) is 3.66. The normalized spacial score (nSPS) is 10.3. The molecule has 0 aliphatic heterocycles. The van der Waals surface area contributed by atoms with Gasteiger partial charge in [0.25, 0.3) is 0 Å². The first kappa shape index (κ1) is 13.4. The second-order valence-electron chi connectivity index (χ2n) is 3.66. The van der Waals surface area contributed by atoms with Crippen molar-refractivity contribution in [3.8, 4) is 11.8 Å². The lowest BCUT2D eigenvalue weighted by molar-refractivity contribution is -0.385. The molecule has 0 aliphatic rings. The average Bonchev–Trinajstić information content (AvgIpc) is 2.76. The molecule has 0 radical (unpaired) electrons. The molecule has 1 aromatic heterocycles. The molecule has 1 N–H and O–H groups in total. The first-order valence-corrected chi connectivity index (χ1v) is 5.13. The smallest absolute Gasteiger partial charge is 0.341 e. The van der Waals surface area contributed by atoms with E-state index >= 15 is 0 Å². The van der Waals surface area contributed by atoms with Crippen LogP contribution in [0.1, 0.15) is 10.4 Å². The molecule has 0 saturated carbocycles. The summed E-state index contributed by atoms with van der Waals surface area (Å²) in [6, 6.07) is 0.965. The summed E-state index contributed by atoms with van der Waals surface area (Å²) in [5.74, 6) is -3.26. The van der Waals surface area contributed by atoms with Crippen molar-refractivity contribution < 1.29 is 24.0 Å². The number of nitro groups is 1. The number of carboxylic acids is 1. The van der Waals surface area contributed by atoms with Gasteiger partial charge in [0.05, 0.1) is 16.6 Å². The zero-order valence-corrected chi connectivity index (χ0v) is 9.98. The van der Waals surface area contributed by atoms with Crippen molar-refractivity contribution in [3.05, 3.63) is 40.0 Å². The Morgan fingerprint density at radius 2 is 2.25 bits per heavy atom. The molecule has 0 spiro atoms. The Hall–Kier alpha value is -3.04. The molecule has 1 aromatic carbocycles. The van der Waals surface area contributed by atoms with E-state index in [0.29, 0.717) is 12.1 Å². The Morgan fingerprint density at radius 3 is 2.75 bits per heavy atom. The molecule has 0 atom stereocenters. The Balaban J connectivity index is 2.50. The topological polar surface area (TPSA) is 120 Å². The molecule has 0 unspecified atom stereocenters. The van der Waals surface area contributed by atoms with Gasteiger partial charge in [-0.25, -0.2) is 9.18 Å². The van der Waals surface area contributed by atoms with Gasteiger partial charge in [0.15, 0.2) is 0 Å². The predicted octanol–water partition coefficient (Wildman–Crippen LogP) is 1.35. The minimum Gasteiger partial charge on any atom is -0.478 e. The Morgan fingerprint density at radius 1 is 1.55 bits per heavy atom. The van der Waals surface area contributed by atoms with Crippen LogP contribution in [-0.2, 0) is 7.05 Å². The molecule has 1 heterocycles. The lowest BCUT2D eigenvalue weighted by Crippen LogP contribution is -2.04. The highest BCUT2D eigenvalue weighted by atomic mass is 19.1. The van der Waals surface area contributed by atoms with E-state index in [9.17, 15) is 19.3 Å². The van der Waals surface area contributed by atoms with Crippen molar-refractivity contribution in [2.24, 2.45) is 7.05 Å². The van der Waals surface area contributed by atoms with Gasteiger partial charge in [0.2, 0.25) is 5.75 Å². The van der Waals surface area contributed by atoms with E-state index in [1.807, 2.05) is 0 Å². The molecule has 0 fully saturated rings. The van der Waals surface area contributed by atoms with E-state index in [-0.39, 0.29) is 6.01 Å². The molecule has 0 aliphatic carbocycles. The number of ether oxygens (including phenoxy) is 1. The first-order valence-electron chi connectivity index (χ1n) is 5.13. The fourth-order valence-electron chi connectivity index (χ4n) is 1.40. The van der Waals surface area contributed by atoms with Gasteiger partial charge < -0.3 is 9.84 Å². The number of rotatable bonds is 4. The van der Waals surface area contributed by atoms with Crippen LogP contribution in [0.4, 0.5) is 10.1 Å². The highest BCUT2D eigenvalue weighted by Gasteiger charge is 2.24. The number of nitrogens with zero attached hydrogens (tertiary/aromatic N) is 4. The second kappa shape index (κ2) is 4.91. The monoisotopic (exact) mass is 282 g/mol. The lowest BCUT2D eigenvalue weighted by Gasteiger charge is -2.04. The lowest BCUT2D eigenvalue weighted by atomic mass is 10.2. The van der Waals surface area contributed by atoms with Gasteiger partial charge in [-0.1, -0.05) is 0 Å². The van der Waals surface area contributed by atoms with Crippen molar-refractivity contribution in [1.82, 2.24) is 14.8 Å². The van der Waals surface area contributed by atoms with Crippen LogP contribution in [0.5, 0.6) is 11.8 Å². The van der Waals surface area contributed by atoms with E-state index in [0.717, 1.165) is 0 Å². The van der Waals surface area contributed by atoms with Crippen LogP contribution in [0.3, 0.4) is 0 Å². The minimum absolute atomic E-state index is 0.224. The standard InChI is InChI=1S/C10H7FN4O5/c1-14-4-12-10(13-14)20-8-2-5(9(16)17)6(11)3-7(8)15(18)19/h2-4H,1H3,(H,16,17). The summed E-state index contributed by atoms with van der Waals surface area (Å²) >= 11 is 0. The number of nitro benzene ring substituents is 1. The number of carboxylic acid groups (broad SMARTS) is 1. The van der Waals surface area contributed by atoms with Crippen molar-refractivity contribution in [3.63, 3.8) is 0 Å². The third-order valence-electron chi connectivity index (χ3n) is 2.26. The van der Waals surface area contributed by atoms with Gasteiger partial charge in [-0.3, -0.25) is 14.8 Å². The van der Waals surface area contributed by atoms with Crippen LogP contribution in [0.25, 0.3) is 0 Å². The highest BCUT2D eigenvalue weighted by Crippen LogP contribution is 2.32. The molecule has 104 valence electrons. The maximum Gasteiger partial charge on any atom is 0.341 e. The fourth-order valence-corrected chi connectivity index (χ4v) is 1.40. The maximum atomic E-state index is 13.4. The number of aromatic carboxylic acids is 1. The van der Waals surface area contributed by atoms with Crippen LogP contribution in [0.2, 0.25) is 0 Å². The van der Waals surface area contributed by atoms with E-state index in [2.05, 4.69) is 10.1 Å². The summed E-state index contributed by atoms with van der Waals surface area (Å²) in [5, 5.41) is 23.3. The van der Waals surface area contributed by atoms with Gasteiger partial charge >= 0.3 is 17.7 Å². The Kier molecular flexibility index (Phi) is 3.29. The molecule has 0 saturated heterocycles. The zero-order chi connectivity index (χ0) is 14.9. The quantitative estimate of drug-likeness (QED) is 0.663. The molecule has 9 nitrogen and oxygen atoms in total. The summed E-state index contributed by atoms with van der Waals surface area (Å²) in [4.78, 5) is 24.4.